The number of benzene rings is 1. The molecule has 7 heteroatoms. The van der Waals surface area contributed by atoms with E-state index in [0.29, 0.717) is 5.56 Å². The zero-order chi connectivity index (χ0) is 14.4. The van der Waals surface area contributed by atoms with Crippen LogP contribution in [-0.2, 0) is 14.6 Å². The molecular weight excluding hydrogens is 273 g/mol. The minimum atomic E-state index is -3.58. The van der Waals surface area contributed by atoms with E-state index in [-0.39, 0.29) is 5.75 Å². The lowest BCUT2D eigenvalue weighted by Gasteiger charge is -2.05. The predicted octanol–water partition coefficient (Wildman–Crippen LogP) is 0.508. The van der Waals surface area contributed by atoms with Crippen molar-refractivity contribution in [3.8, 4) is 0 Å². The van der Waals surface area contributed by atoms with E-state index < -0.39 is 38.3 Å². The van der Waals surface area contributed by atoms with Crippen LogP contribution < -0.4 is 5.73 Å². The summed E-state index contributed by atoms with van der Waals surface area (Å²) in [4.78, 5) is 11.2. The molecule has 0 saturated heterocycles. The van der Waals surface area contributed by atoms with Crippen molar-refractivity contribution < 1.29 is 22.7 Å². The van der Waals surface area contributed by atoms with E-state index in [1.165, 1.54) is 19.1 Å². The largest absolute Gasteiger partial charge is 0.480 e. The van der Waals surface area contributed by atoms with Crippen LogP contribution in [0.5, 0.6) is 0 Å². The molecule has 0 spiro atoms. The van der Waals surface area contributed by atoms with Crippen molar-refractivity contribution in [3.05, 3.63) is 35.6 Å². The van der Waals surface area contributed by atoms with Crippen molar-refractivity contribution in [1.29, 1.82) is 0 Å². The van der Waals surface area contributed by atoms with Crippen molar-refractivity contribution in [3.63, 3.8) is 0 Å². The zero-order valence-electron chi connectivity index (χ0n) is 10.2. The summed E-state index contributed by atoms with van der Waals surface area (Å²) in [5.74, 6) is -2.85. The first-order valence-electron chi connectivity index (χ1n) is 5.74. The minimum absolute atomic E-state index is 0.179. The molecule has 0 aliphatic heterocycles. The molecule has 1 aliphatic carbocycles. The van der Waals surface area contributed by atoms with E-state index in [1.807, 2.05) is 0 Å². The minimum Gasteiger partial charge on any atom is -0.480 e. The van der Waals surface area contributed by atoms with Gasteiger partial charge < -0.3 is 10.8 Å². The highest BCUT2D eigenvalue weighted by molar-refractivity contribution is 7.92. The Balaban J connectivity index is 2.45. The molecule has 0 bridgehead atoms. The molecule has 104 valence electrons. The second kappa shape index (κ2) is 4.28. The predicted molar refractivity (Wildman–Crippen MR) is 66.9 cm³/mol. The molecule has 0 radical (unpaired) electrons. The maximum absolute atomic E-state index is 12.9. The first-order valence-corrected chi connectivity index (χ1v) is 7.46. The number of nitrogens with two attached hydrogens (primary N) is 1. The van der Waals surface area contributed by atoms with Crippen molar-refractivity contribution in [2.24, 2.45) is 5.73 Å². The number of carboxylic acid groups (broad SMARTS) is 1. The standard InChI is InChI=1S/C12H14FNO4S/c1-2-19(17,18)10-9(12(10,14)11(15)16)7-3-5-8(13)6-4-7/h3-6,9-10H,2,14H2,1H3,(H,15,16)/t9-,10-,12+/m1/s1. The molecule has 0 aromatic heterocycles. The number of carboxylic acids is 1. The Morgan fingerprint density at radius 2 is 1.95 bits per heavy atom. The zero-order valence-corrected chi connectivity index (χ0v) is 11.0. The van der Waals surface area contributed by atoms with Gasteiger partial charge in [0.25, 0.3) is 0 Å². The summed E-state index contributed by atoms with van der Waals surface area (Å²) in [6.07, 6.45) is 0. The molecule has 0 heterocycles. The first-order chi connectivity index (χ1) is 8.75. The summed E-state index contributed by atoms with van der Waals surface area (Å²) >= 11 is 0. The average molecular weight is 287 g/mol. The fourth-order valence-corrected chi connectivity index (χ4v) is 4.35. The van der Waals surface area contributed by atoms with Crippen molar-refractivity contribution in [2.75, 3.05) is 5.75 Å². The molecule has 1 aromatic rings. The lowest BCUT2D eigenvalue weighted by Crippen LogP contribution is -2.40. The molecule has 5 nitrogen and oxygen atoms in total. The van der Waals surface area contributed by atoms with Gasteiger partial charge in [-0.2, -0.15) is 0 Å². The molecule has 1 fully saturated rings. The second-order valence-electron chi connectivity index (χ2n) is 4.64. The van der Waals surface area contributed by atoms with Crippen LogP contribution in [0.4, 0.5) is 4.39 Å². The summed E-state index contributed by atoms with van der Waals surface area (Å²) in [6, 6.07) is 5.06. The SMILES string of the molecule is CCS(=O)(=O)[C@@H]1[C@@H](c2ccc(F)cc2)[C@@]1(N)C(=O)O. The van der Waals surface area contributed by atoms with Gasteiger partial charge in [0.1, 0.15) is 11.4 Å². The Labute approximate surface area is 110 Å². The van der Waals surface area contributed by atoms with Gasteiger partial charge in [0, 0.05) is 11.7 Å². The number of carbonyl (C=O) groups is 1. The molecule has 0 amide bonds. The highest BCUT2D eigenvalue weighted by atomic mass is 32.2. The summed E-state index contributed by atoms with van der Waals surface area (Å²) < 4.78 is 36.7. The molecule has 3 N–H and O–H groups in total. The van der Waals surface area contributed by atoms with E-state index in [0.717, 1.165) is 12.1 Å². The van der Waals surface area contributed by atoms with Gasteiger partial charge >= 0.3 is 5.97 Å². The van der Waals surface area contributed by atoms with Gasteiger partial charge in [0.05, 0.1) is 5.25 Å². The Morgan fingerprint density at radius 1 is 1.42 bits per heavy atom. The highest BCUT2D eigenvalue weighted by Gasteiger charge is 2.73. The van der Waals surface area contributed by atoms with Crippen molar-refractivity contribution in [2.45, 2.75) is 23.6 Å². The number of hydrogen-bond acceptors (Lipinski definition) is 4. The molecule has 2 rings (SSSR count). The summed E-state index contributed by atoms with van der Waals surface area (Å²) in [7, 11) is -3.58. The topological polar surface area (TPSA) is 97.5 Å². The Hall–Kier alpha value is -1.47. The van der Waals surface area contributed by atoms with Gasteiger partial charge in [-0.25, -0.2) is 12.8 Å². The lowest BCUT2D eigenvalue weighted by atomic mass is 10.1. The van der Waals surface area contributed by atoms with Crippen LogP contribution in [0.25, 0.3) is 0 Å². The van der Waals surface area contributed by atoms with Crippen LogP contribution in [0.15, 0.2) is 24.3 Å². The van der Waals surface area contributed by atoms with E-state index in [9.17, 15) is 17.6 Å². The van der Waals surface area contributed by atoms with Crippen LogP contribution >= 0.6 is 0 Å². The number of halogens is 1. The summed E-state index contributed by atoms with van der Waals surface area (Å²) in [6.45, 7) is 1.44. The van der Waals surface area contributed by atoms with Crippen molar-refractivity contribution >= 4 is 15.8 Å². The normalized spacial score (nSPS) is 30.1. The van der Waals surface area contributed by atoms with E-state index in [2.05, 4.69) is 0 Å². The van der Waals surface area contributed by atoms with Gasteiger partial charge in [-0.1, -0.05) is 19.1 Å². The molecular formula is C12H14FNO4S. The summed E-state index contributed by atoms with van der Waals surface area (Å²) in [5.41, 5.74) is 4.33. The number of aliphatic carboxylic acids is 1. The second-order valence-corrected chi connectivity index (χ2v) is 7.05. The lowest BCUT2D eigenvalue weighted by molar-refractivity contribution is -0.139. The molecule has 1 saturated carbocycles. The fourth-order valence-electron chi connectivity index (χ4n) is 2.43. The third-order valence-corrected chi connectivity index (χ3v) is 5.81. The fraction of sp³-hybridized carbons (Fsp3) is 0.417. The van der Waals surface area contributed by atoms with Crippen LogP contribution in [0.1, 0.15) is 18.4 Å². The summed E-state index contributed by atoms with van der Waals surface area (Å²) in [5, 5.41) is 8.01. The first kappa shape index (κ1) is 14.0. The van der Waals surface area contributed by atoms with E-state index in [1.54, 1.807) is 0 Å². The Kier molecular flexibility index (Phi) is 3.14. The number of rotatable bonds is 4. The van der Waals surface area contributed by atoms with E-state index in [4.69, 9.17) is 10.8 Å². The van der Waals surface area contributed by atoms with Crippen LogP contribution in [0.3, 0.4) is 0 Å². The Bertz CT molecular complexity index is 613. The van der Waals surface area contributed by atoms with Gasteiger partial charge in [0.15, 0.2) is 9.84 Å². The molecule has 19 heavy (non-hydrogen) atoms. The number of sulfone groups is 1. The molecule has 1 aliphatic rings. The third-order valence-electron chi connectivity index (χ3n) is 3.57. The molecule has 3 atom stereocenters. The van der Waals surface area contributed by atoms with Crippen LogP contribution in [0.2, 0.25) is 0 Å². The smallest absolute Gasteiger partial charge is 0.325 e. The maximum atomic E-state index is 12.9. The van der Waals surface area contributed by atoms with Crippen molar-refractivity contribution in [1.82, 2.24) is 0 Å². The molecule has 0 unspecified atom stereocenters. The quantitative estimate of drug-likeness (QED) is 0.841. The van der Waals surface area contributed by atoms with Crippen LogP contribution in [0, 0.1) is 5.82 Å². The van der Waals surface area contributed by atoms with Gasteiger partial charge in [-0.05, 0) is 17.7 Å². The maximum Gasteiger partial charge on any atom is 0.325 e. The third kappa shape index (κ3) is 2.02. The Morgan fingerprint density at radius 3 is 2.37 bits per heavy atom. The molecule has 1 aromatic carbocycles. The monoisotopic (exact) mass is 287 g/mol. The number of hydrogen-bond donors (Lipinski definition) is 2. The van der Waals surface area contributed by atoms with Gasteiger partial charge in [-0.15, -0.1) is 0 Å². The van der Waals surface area contributed by atoms with Crippen LogP contribution in [-0.4, -0.2) is 36.0 Å². The van der Waals surface area contributed by atoms with Gasteiger partial charge in [0.2, 0.25) is 0 Å². The van der Waals surface area contributed by atoms with E-state index >= 15 is 0 Å². The highest BCUT2D eigenvalue weighted by Crippen LogP contribution is 2.54. The average Bonchev–Trinajstić information content (AvgIpc) is 2.99. The van der Waals surface area contributed by atoms with Gasteiger partial charge in [-0.3, -0.25) is 4.79 Å².